The maximum absolute atomic E-state index is 11.0. The number of fused-ring (bicyclic) bond motifs is 1. The highest BCUT2D eigenvalue weighted by molar-refractivity contribution is 5.85. The molecule has 2 aromatic rings. The number of aliphatic carboxylic acids is 1. The second-order valence-corrected chi connectivity index (χ2v) is 4.31. The molecule has 1 N–H and O–H groups in total. The molecule has 0 aliphatic rings. The van der Waals surface area contributed by atoms with Crippen LogP contribution in [0.15, 0.2) is 24.3 Å². The van der Waals surface area contributed by atoms with Gasteiger partial charge in [0.25, 0.3) is 0 Å². The normalized spacial score (nSPS) is 12.4. The fraction of sp³-hybridized carbons (Fsp3) is 0.286. The monoisotopic (exact) mass is 245 g/mol. The van der Waals surface area contributed by atoms with Gasteiger partial charge in [-0.1, -0.05) is 0 Å². The van der Waals surface area contributed by atoms with Crippen molar-refractivity contribution in [1.82, 2.24) is 4.98 Å². The van der Waals surface area contributed by atoms with Gasteiger partial charge in [-0.2, -0.15) is 0 Å². The van der Waals surface area contributed by atoms with E-state index in [2.05, 4.69) is 4.98 Å². The molecule has 94 valence electrons. The van der Waals surface area contributed by atoms with Gasteiger partial charge in [0.05, 0.1) is 24.2 Å². The van der Waals surface area contributed by atoms with Crippen molar-refractivity contribution in [3.8, 4) is 5.75 Å². The second-order valence-electron chi connectivity index (χ2n) is 4.31. The molecule has 0 fully saturated rings. The molecule has 0 saturated carbocycles. The van der Waals surface area contributed by atoms with Crippen molar-refractivity contribution in [1.29, 1.82) is 0 Å². The highest BCUT2D eigenvalue weighted by Gasteiger charge is 2.16. The Morgan fingerprint density at radius 1 is 1.39 bits per heavy atom. The SMILES string of the molecule is COc1ccc2nc(C(C)C(=O)O)cc(C)c2c1. The summed E-state index contributed by atoms with van der Waals surface area (Å²) < 4.78 is 5.17. The van der Waals surface area contributed by atoms with E-state index in [1.165, 1.54) is 0 Å². The first-order valence-corrected chi connectivity index (χ1v) is 5.71. The number of nitrogens with zero attached hydrogens (tertiary/aromatic N) is 1. The number of hydrogen-bond acceptors (Lipinski definition) is 3. The van der Waals surface area contributed by atoms with Gasteiger partial charge >= 0.3 is 5.97 Å². The number of aromatic nitrogens is 1. The average molecular weight is 245 g/mol. The van der Waals surface area contributed by atoms with Gasteiger partial charge in [0, 0.05) is 5.39 Å². The molecule has 0 saturated heterocycles. The summed E-state index contributed by atoms with van der Waals surface area (Å²) in [6, 6.07) is 7.40. The Kier molecular flexibility index (Phi) is 3.19. The topological polar surface area (TPSA) is 59.4 Å². The lowest BCUT2D eigenvalue weighted by Gasteiger charge is -2.10. The van der Waals surface area contributed by atoms with Gasteiger partial charge in [0.1, 0.15) is 5.75 Å². The number of pyridine rings is 1. The van der Waals surface area contributed by atoms with E-state index in [-0.39, 0.29) is 0 Å². The van der Waals surface area contributed by atoms with Crippen molar-refractivity contribution in [2.24, 2.45) is 0 Å². The lowest BCUT2D eigenvalue weighted by atomic mass is 10.0. The molecule has 1 aromatic heterocycles. The fourth-order valence-corrected chi connectivity index (χ4v) is 1.87. The van der Waals surface area contributed by atoms with E-state index in [0.717, 1.165) is 22.2 Å². The van der Waals surface area contributed by atoms with E-state index < -0.39 is 11.9 Å². The number of hydrogen-bond donors (Lipinski definition) is 1. The molecule has 2 rings (SSSR count). The molecule has 0 aliphatic heterocycles. The number of methoxy groups -OCH3 is 1. The van der Waals surface area contributed by atoms with Crippen molar-refractivity contribution in [3.05, 3.63) is 35.5 Å². The van der Waals surface area contributed by atoms with E-state index in [0.29, 0.717) is 5.69 Å². The summed E-state index contributed by atoms with van der Waals surface area (Å²) in [7, 11) is 1.62. The second kappa shape index (κ2) is 4.64. The first-order valence-electron chi connectivity index (χ1n) is 5.71. The zero-order valence-corrected chi connectivity index (χ0v) is 10.6. The number of carboxylic acids is 1. The number of benzene rings is 1. The molecule has 1 atom stereocenters. The summed E-state index contributed by atoms with van der Waals surface area (Å²) in [4.78, 5) is 15.4. The van der Waals surface area contributed by atoms with Gasteiger partial charge in [0.15, 0.2) is 0 Å². The molecule has 4 nitrogen and oxygen atoms in total. The van der Waals surface area contributed by atoms with Crippen molar-refractivity contribution >= 4 is 16.9 Å². The third-order valence-electron chi connectivity index (χ3n) is 3.06. The van der Waals surface area contributed by atoms with Crippen LogP contribution in [0.3, 0.4) is 0 Å². The van der Waals surface area contributed by atoms with Gasteiger partial charge in [-0.05, 0) is 43.7 Å². The first kappa shape index (κ1) is 12.4. The molecule has 4 heteroatoms. The van der Waals surface area contributed by atoms with Crippen molar-refractivity contribution in [2.75, 3.05) is 7.11 Å². The van der Waals surface area contributed by atoms with E-state index in [1.54, 1.807) is 14.0 Å². The van der Waals surface area contributed by atoms with Crippen LogP contribution in [-0.4, -0.2) is 23.2 Å². The minimum absolute atomic E-state index is 0.581. The van der Waals surface area contributed by atoms with Crippen LogP contribution in [0.4, 0.5) is 0 Å². The van der Waals surface area contributed by atoms with E-state index in [1.807, 2.05) is 31.2 Å². The van der Waals surface area contributed by atoms with Crippen LogP contribution in [-0.2, 0) is 4.79 Å². The summed E-state index contributed by atoms with van der Waals surface area (Å²) >= 11 is 0. The molecule has 0 spiro atoms. The van der Waals surface area contributed by atoms with Crippen LogP contribution in [0.25, 0.3) is 10.9 Å². The van der Waals surface area contributed by atoms with Crippen LogP contribution in [0, 0.1) is 6.92 Å². The van der Waals surface area contributed by atoms with Crippen LogP contribution in [0.2, 0.25) is 0 Å². The number of ether oxygens (including phenoxy) is 1. The largest absolute Gasteiger partial charge is 0.497 e. The maximum atomic E-state index is 11.0. The predicted molar refractivity (Wildman–Crippen MR) is 69.1 cm³/mol. The minimum atomic E-state index is -0.866. The van der Waals surface area contributed by atoms with Crippen molar-refractivity contribution < 1.29 is 14.6 Å². The quantitative estimate of drug-likeness (QED) is 0.903. The van der Waals surface area contributed by atoms with E-state index >= 15 is 0 Å². The lowest BCUT2D eigenvalue weighted by Crippen LogP contribution is -2.09. The Hall–Kier alpha value is -2.10. The molecule has 1 aromatic carbocycles. The lowest BCUT2D eigenvalue weighted by molar-refractivity contribution is -0.138. The van der Waals surface area contributed by atoms with Crippen LogP contribution in [0.5, 0.6) is 5.75 Å². The van der Waals surface area contributed by atoms with Gasteiger partial charge in [-0.15, -0.1) is 0 Å². The Morgan fingerprint density at radius 2 is 2.11 bits per heavy atom. The molecule has 1 heterocycles. The summed E-state index contributed by atoms with van der Waals surface area (Å²) in [6.45, 7) is 3.58. The molecule has 1 unspecified atom stereocenters. The highest BCUT2D eigenvalue weighted by Crippen LogP contribution is 2.25. The molecular weight excluding hydrogens is 230 g/mol. The third-order valence-corrected chi connectivity index (χ3v) is 3.06. The molecule has 0 amide bonds. The Balaban J connectivity index is 2.60. The Labute approximate surface area is 105 Å². The predicted octanol–water partition coefficient (Wildman–Crippen LogP) is 2.74. The number of aryl methyl sites for hydroxylation is 1. The fourth-order valence-electron chi connectivity index (χ4n) is 1.87. The van der Waals surface area contributed by atoms with E-state index in [9.17, 15) is 4.79 Å². The van der Waals surface area contributed by atoms with Crippen LogP contribution < -0.4 is 4.74 Å². The summed E-state index contributed by atoms with van der Waals surface area (Å²) in [5.74, 6) is -0.698. The summed E-state index contributed by atoms with van der Waals surface area (Å²) in [6.07, 6.45) is 0. The van der Waals surface area contributed by atoms with Gasteiger partial charge < -0.3 is 9.84 Å². The molecule has 18 heavy (non-hydrogen) atoms. The number of carbonyl (C=O) groups is 1. The minimum Gasteiger partial charge on any atom is -0.497 e. The van der Waals surface area contributed by atoms with Crippen LogP contribution >= 0.6 is 0 Å². The smallest absolute Gasteiger partial charge is 0.312 e. The third kappa shape index (κ3) is 2.14. The Bertz CT molecular complexity index is 607. The Morgan fingerprint density at radius 3 is 2.72 bits per heavy atom. The van der Waals surface area contributed by atoms with Crippen molar-refractivity contribution in [2.45, 2.75) is 19.8 Å². The van der Waals surface area contributed by atoms with Crippen molar-refractivity contribution in [3.63, 3.8) is 0 Å². The standard InChI is InChI=1S/C14H15NO3/c1-8-6-13(9(2)14(16)17)15-12-5-4-10(18-3)7-11(8)12/h4-7,9H,1-3H3,(H,16,17). The zero-order chi connectivity index (χ0) is 13.3. The zero-order valence-electron chi connectivity index (χ0n) is 10.6. The van der Waals surface area contributed by atoms with Crippen LogP contribution in [0.1, 0.15) is 24.1 Å². The summed E-state index contributed by atoms with van der Waals surface area (Å²) in [5, 5.41) is 10.0. The molecular formula is C14H15NO3. The molecule has 0 bridgehead atoms. The van der Waals surface area contributed by atoms with Gasteiger partial charge in [-0.25, -0.2) is 0 Å². The number of carboxylic acid groups (broad SMARTS) is 1. The first-order chi connectivity index (χ1) is 8.52. The maximum Gasteiger partial charge on any atom is 0.312 e. The summed E-state index contributed by atoms with van der Waals surface area (Å²) in [5.41, 5.74) is 2.37. The van der Waals surface area contributed by atoms with Gasteiger partial charge in [-0.3, -0.25) is 9.78 Å². The van der Waals surface area contributed by atoms with Gasteiger partial charge in [0.2, 0.25) is 0 Å². The van der Waals surface area contributed by atoms with E-state index in [4.69, 9.17) is 9.84 Å². The molecule has 0 aliphatic carbocycles. The molecule has 0 radical (unpaired) electrons. The average Bonchev–Trinajstić information content (AvgIpc) is 2.37. The number of rotatable bonds is 3. The highest BCUT2D eigenvalue weighted by atomic mass is 16.5.